The number of nitrogens with one attached hydrogen (secondary N) is 1. The lowest BCUT2D eigenvalue weighted by atomic mass is 10.2. The maximum atomic E-state index is 10.8. The second-order valence-electron chi connectivity index (χ2n) is 4.61. The van der Waals surface area contributed by atoms with Crippen LogP contribution >= 0.6 is 34.8 Å². The number of amides is 1. The summed E-state index contributed by atoms with van der Waals surface area (Å²) >= 11 is 18.3. The third kappa shape index (κ3) is 4.00. The van der Waals surface area contributed by atoms with Crippen LogP contribution in [0.25, 0.3) is 0 Å². The second kappa shape index (κ2) is 7.13. The minimum atomic E-state index is -0.259. The Hall–Kier alpha value is -1.56. The maximum Gasteiger partial charge on any atom is 0.236 e. The standard InChI is InChI=1S/C14H13Cl3N4O/c1-8-12(6-18-19-9(2)22)14(17)21(20-8)7-10-3-4-11(15)5-13(10)16/h3-6H,7H2,1-2H3,(H,19,22)/b18-6-. The van der Waals surface area contributed by atoms with Gasteiger partial charge in [-0.05, 0) is 24.6 Å². The molecule has 0 fully saturated rings. The van der Waals surface area contributed by atoms with Crippen LogP contribution in [0.4, 0.5) is 0 Å². The maximum absolute atomic E-state index is 10.8. The summed E-state index contributed by atoms with van der Waals surface area (Å²) < 4.78 is 1.61. The lowest BCUT2D eigenvalue weighted by Gasteiger charge is -2.06. The van der Waals surface area contributed by atoms with E-state index >= 15 is 0 Å². The van der Waals surface area contributed by atoms with E-state index in [9.17, 15) is 4.79 Å². The van der Waals surface area contributed by atoms with Crippen molar-refractivity contribution in [3.8, 4) is 0 Å². The molecule has 22 heavy (non-hydrogen) atoms. The number of carbonyl (C=O) groups is 1. The van der Waals surface area contributed by atoms with E-state index < -0.39 is 0 Å². The zero-order chi connectivity index (χ0) is 16.3. The van der Waals surface area contributed by atoms with Crippen LogP contribution in [0.2, 0.25) is 15.2 Å². The van der Waals surface area contributed by atoms with Gasteiger partial charge in [0.15, 0.2) is 0 Å². The fourth-order valence-electron chi connectivity index (χ4n) is 1.82. The normalized spacial score (nSPS) is 11.1. The van der Waals surface area contributed by atoms with E-state index in [0.717, 1.165) is 5.56 Å². The highest BCUT2D eigenvalue weighted by atomic mass is 35.5. The Kier molecular flexibility index (Phi) is 5.45. The molecule has 1 amide bonds. The minimum absolute atomic E-state index is 0.259. The Balaban J connectivity index is 2.26. The summed E-state index contributed by atoms with van der Waals surface area (Å²) in [5.74, 6) is -0.259. The average molecular weight is 360 g/mol. The van der Waals surface area contributed by atoms with Gasteiger partial charge in [0.05, 0.1) is 24.0 Å². The Morgan fingerprint density at radius 2 is 2.14 bits per heavy atom. The van der Waals surface area contributed by atoms with Crippen molar-refractivity contribution in [1.29, 1.82) is 0 Å². The summed E-state index contributed by atoms with van der Waals surface area (Å²) in [6, 6.07) is 5.25. The molecule has 1 aromatic carbocycles. The van der Waals surface area contributed by atoms with Crippen LogP contribution in [0, 0.1) is 6.92 Å². The third-order valence-corrected chi connectivity index (χ3v) is 3.85. The molecule has 1 aromatic heterocycles. The largest absolute Gasteiger partial charge is 0.274 e. The van der Waals surface area contributed by atoms with Crippen molar-refractivity contribution in [1.82, 2.24) is 15.2 Å². The van der Waals surface area contributed by atoms with Gasteiger partial charge in [-0.2, -0.15) is 10.2 Å². The highest BCUT2D eigenvalue weighted by Gasteiger charge is 2.13. The number of nitrogens with zero attached hydrogens (tertiary/aromatic N) is 3. The quantitative estimate of drug-likeness (QED) is 0.669. The van der Waals surface area contributed by atoms with Crippen molar-refractivity contribution in [2.75, 3.05) is 0 Å². The van der Waals surface area contributed by atoms with Crippen molar-refractivity contribution in [2.45, 2.75) is 20.4 Å². The highest BCUT2D eigenvalue weighted by Crippen LogP contribution is 2.24. The Bertz CT molecular complexity index is 740. The smallest absolute Gasteiger partial charge is 0.236 e. The molecule has 0 bridgehead atoms. The lowest BCUT2D eigenvalue weighted by Crippen LogP contribution is -2.12. The van der Waals surface area contributed by atoms with E-state index in [4.69, 9.17) is 34.8 Å². The molecule has 0 radical (unpaired) electrons. The summed E-state index contributed by atoms with van der Waals surface area (Å²) in [6.45, 7) is 3.59. The number of hydrogen-bond acceptors (Lipinski definition) is 3. The first-order chi connectivity index (χ1) is 10.4. The number of aromatic nitrogens is 2. The number of halogens is 3. The predicted molar refractivity (Wildman–Crippen MR) is 88.9 cm³/mol. The van der Waals surface area contributed by atoms with E-state index in [0.29, 0.717) is 33.0 Å². The Labute approximate surface area is 142 Å². The molecule has 0 atom stereocenters. The van der Waals surface area contributed by atoms with Gasteiger partial charge in [0.1, 0.15) is 5.15 Å². The van der Waals surface area contributed by atoms with E-state index in [1.54, 1.807) is 23.7 Å². The summed E-state index contributed by atoms with van der Waals surface area (Å²) in [5, 5.41) is 9.69. The van der Waals surface area contributed by atoms with E-state index in [1.165, 1.54) is 13.1 Å². The lowest BCUT2D eigenvalue weighted by molar-refractivity contribution is -0.118. The number of carbonyl (C=O) groups excluding carboxylic acids is 1. The molecule has 0 aliphatic rings. The first-order valence-electron chi connectivity index (χ1n) is 6.35. The fourth-order valence-corrected chi connectivity index (χ4v) is 2.57. The molecule has 2 aromatic rings. The number of benzene rings is 1. The monoisotopic (exact) mass is 358 g/mol. The molecule has 0 aliphatic heterocycles. The summed E-state index contributed by atoms with van der Waals surface area (Å²) in [7, 11) is 0. The van der Waals surface area contributed by atoms with Gasteiger partial charge in [0.25, 0.3) is 0 Å². The molecule has 5 nitrogen and oxygen atoms in total. The first-order valence-corrected chi connectivity index (χ1v) is 7.48. The van der Waals surface area contributed by atoms with Crippen LogP contribution in [-0.2, 0) is 11.3 Å². The molecule has 116 valence electrons. The topological polar surface area (TPSA) is 59.3 Å². The molecular weight excluding hydrogens is 347 g/mol. The van der Waals surface area contributed by atoms with Gasteiger partial charge in [-0.3, -0.25) is 4.79 Å². The van der Waals surface area contributed by atoms with Crippen LogP contribution < -0.4 is 5.43 Å². The van der Waals surface area contributed by atoms with Crippen LogP contribution in [0.1, 0.15) is 23.7 Å². The van der Waals surface area contributed by atoms with Crippen molar-refractivity contribution in [3.63, 3.8) is 0 Å². The van der Waals surface area contributed by atoms with Crippen molar-refractivity contribution >= 4 is 46.9 Å². The fraction of sp³-hybridized carbons (Fsp3) is 0.214. The predicted octanol–water partition coefficient (Wildman–Crippen LogP) is 3.67. The molecule has 0 aliphatic carbocycles. The molecule has 0 saturated heterocycles. The molecule has 1 N–H and O–H groups in total. The molecule has 0 saturated carbocycles. The Morgan fingerprint density at radius 3 is 2.77 bits per heavy atom. The molecule has 2 rings (SSSR count). The molecule has 0 unspecified atom stereocenters. The molecule has 8 heteroatoms. The number of hydrogen-bond donors (Lipinski definition) is 1. The SMILES string of the molecule is CC(=O)N/N=C\c1c(C)nn(Cc2ccc(Cl)cc2Cl)c1Cl. The minimum Gasteiger partial charge on any atom is -0.274 e. The number of rotatable bonds is 4. The molecular formula is C14H13Cl3N4O. The van der Waals surface area contributed by atoms with Crippen LogP contribution in [-0.4, -0.2) is 21.9 Å². The van der Waals surface area contributed by atoms with E-state index in [-0.39, 0.29) is 5.91 Å². The van der Waals surface area contributed by atoms with Crippen molar-refractivity contribution in [2.24, 2.45) is 5.10 Å². The first kappa shape index (κ1) is 16.8. The molecule has 0 spiro atoms. The van der Waals surface area contributed by atoms with Crippen LogP contribution in [0.3, 0.4) is 0 Å². The second-order valence-corrected chi connectivity index (χ2v) is 5.81. The van der Waals surface area contributed by atoms with Gasteiger partial charge in [-0.15, -0.1) is 0 Å². The molecule has 1 heterocycles. The zero-order valence-corrected chi connectivity index (χ0v) is 14.2. The van der Waals surface area contributed by atoms with Gasteiger partial charge in [0.2, 0.25) is 5.91 Å². The van der Waals surface area contributed by atoms with Crippen molar-refractivity contribution in [3.05, 3.63) is 50.2 Å². The van der Waals surface area contributed by atoms with Gasteiger partial charge in [0, 0.05) is 17.0 Å². The van der Waals surface area contributed by atoms with Crippen molar-refractivity contribution < 1.29 is 4.79 Å². The van der Waals surface area contributed by atoms with E-state index in [1.807, 2.05) is 6.07 Å². The highest BCUT2D eigenvalue weighted by molar-refractivity contribution is 6.35. The van der Waals surface area contributed by atoms with Crippen LogP contribution in [0.15, 0.2) is 23.3 Å². The summed E-state index contributed by atoms with van der Waals surface area (Å²) in [4.78, 5) is 10.8. The average Bonchev–Trinajstić information content (AvgIpc) is 2.69. The summed E-state index contributed by atoms with van der Waals surface area (Å²) in [6.07, 6.45) is 1.46. The van der Waals surface area contributed by atoms with Gasteiger partial charge < -0.3 is 0 Å². The third-order valence-electron chi connectivity index (χ3n) is 2.86. The van der Waals surface area contributed by atoms with Gasteiger partial charge in [-0.1, -0.05) is 40.9 Å². The Morgan fingerprint density at radius 1 is 1.41 bits per heavy atom. The van der Waals surface area contributed by atoms with Crippen LogP contribution in [0.5, 0.6) is 0 Å². The number of hydrazone groups is 1. The van der Waals surface area contributed by atoms with Gasteiger partial charge >= 0.3 is 0 Å². The zero-order valence-electron chi connectivity index (χ0n) is 11.9. The number of aryl methyl sites for hydroxylation is 1. The van der Waals surface area contributed by atoms with E-state index in [2.05, 4.69) is 15.6 Å². The summed E-state index contributed by atoms with van der Waals surface area (Å²) in [5.41, 5.74) is 4.51. The van der Waals surface area contributed by atoms with Gasteiger partial charge in [-0.25, -0.2) is 10.1 Å².